The normalized spacial score (nSPS) is 11.9. The first-order chi connectivity index (χ1) is 51.9. The fourth-order valence-corrected chi connectivity index (χ4v) is 15.9. The van der Waals surface area contributed by atoms with Crippen LogP contribution in [0.3, 0.4) is 0 Å². The van der Waals surface area contributed by atoms with E-state index < -0.39 is 162 Å². The van der Waals surface area contributed by atoms with Gasteiger partial charge in [-0.1, -0.05) is 0 Å². The topological polar surface area (TPSA) is 745 Å². The van der Waals surface area contributed by atoms with E-state index in [1.807, 2.05) is 0 Å². The molecule has 7 rings (SSSR count). The number of phenolic OH excluding ortho intramolecular Hbond substituents is 1. The Morgan fingerprint density at radius 3 is 1.25 bits per heavy atom. The van der Waals surface area contributed by atoms with Gasteiger partial charge in [0.15, 0.2) is 87.8 Å². The summed E-state index contributed by atoms with van der Waals surface area (Å²) in [7, 11) is -30.7. The Balaban J connectivity index is -0.00000211. The van der Waals surface area contributed by atoms with Crippen molar-refractivity contribution in [3.05, 3.63) is 109 Å². The molecular weight excluding hydrogens is 1920 g/mol. The van der Waals surface area contributed by atoms with Gasteiger partial charge in [0.25, 0.3) is 12.3 Å². The minimum atomic E-state index is -5.46. The SMILES string of the molecule is CNc1ccc2c(O)c(N=Nc3ccc(S(=O)(=O)CCOSOO[O-])cc3)c(SOO[O-])cc2c1N=Nc1ccc(S(=O)(=O)CCOSOO[O-])cc1OSOO[O-].Nc1c(N=Nc2ccc(S(=O)(=O)CCOSOO[O-])cc2S(=O)(=O)[O-])cc(S(=O)(=O)[O-])c(N)c1N=Nc1ccc(S(=O)(=O)CCOS(=O)(=O)[O-])cc1.[Na+].[Na+].[Na+].[Na+].[Na+].[Na+].[Na+].[Na+]. The van der Waals surface area contributed by atoms with Gasteiger partial charge in [0, 0.05) is 23.9 Å². The molecular formula is C49H43N11Na8O38S12. The number of hydrogen-bond acceptors (Lipinski definition) is 54. The molecule has 0 fully saturated rings. The Morgan fingerprint density at radius 1 is 0.398 bits per heavy atom. The summed E-state index contributed by atoms with van der Waals surface area (Å²) >= 11 is 0.693. The second-order valence-electron chi connectivity index (χ2n) is 19.5. The van der Waals surface area contributed by atoms with Gasteiger partial charge >= 0.3 is 236 Å². The van der Waals surface area contributed by atoms with Gasteiger partial charge in [0.05, 0.1) is 124 Å². The molecule has 7 aromatic rings. The van der Waals surface area contributed by atoms with Crippen LogP contribution in [0.15, 0.2) is 184 Å². The van der Waals surface area contributed by atoms with Gasteiger partial charge in [-0.25, -0.2) is 58.9 Å². The van der Waals surface area contributed by atoms with Crippen molar-refractivity contribution >= 4 is 205 Å². The minimum Gasteiger partial charge on any atom is -0.744 e. The van der Waals surface area contributed by atoms with E-state index in [0.29, 0.717) is 29.9 Å². The molecule has 7 aromatic carbocycles. The predicted molar refractivity (Wildman–Crippen MR) is 358 cm³/mol. The van der Waals surface area contributed by atoms with Crippen molar-refractivity contribution in [3.8, 4) is 11.5 Å². The maximum atomic E-state index is 12.9. The number of nitrogens with two attached hydrogens (primary N) is 2. The number of benzene rings is 7. The maximum absolute atomic E-state index is 12.9. The van der Waals surface area contributed by atoms with Gasteiger partial charge in [-0.3, -0.25) is 41.9 Å². The third-order valence-corrected chi connectivity index (χ3v) is 23.9. The predicted octanol–water partition coefficient (Wildman–Crippen LogP) is -20.7. The van der Waals surface area contributed by atoms with Crippen molar-refractivity contribution in [1.82, 2.24) is 0 Å². The second-order valence-corrected chi connectivity index (χ2v) is 34.4. The molecule has 602 valence electrons. The summed E-state index contributed by atoms with van der Waals surface area (Å²) in [5.74, 6) is -3.44. The molecule has 0 saturated heterocycles. The van der Waals surface area contributed by atoms with Crippen LogP contribution in [0.5, 0.6) is 11.5 Å². The number of aromatic hydroxyl groups is 1. The number of anilines is 3. The number of rotatable bonds is 44. The first-order valence-electron chi connectivity index (χ1n) is 27.9. The van der Waals surface area contributed by atoms with Gasteiger partial charge in [0.2, 0.25) is 10.4 Å². The molecule has 118 heavy (non-hydrogen) atoms. The molecule has 0 radical (unpaired) electrons. The Hall–Kier alpha value is 0.720. The zero-order chi connectivity index (χ0) is 81.1. The molecule has 0 spiro atoms. The largest absolute Gasteiger partial charge is 1.00 e. The third kappa shape index (κ3) is 39.6. The Morgan fingerprint density at radius 2 is 0.797 bits per heavy atom. The summed E-state index contributed by atoms with van der Waals surface area (Å²) in [6.45, 7) is -2.28. The van der Waals surface area contributed by atoms with E-state index in [0.717, 1.165) is 42.5 Å². The van der Waals surface area contributed by atoms with E-state index in [1.54, 1.807) is 7.05 Å². The molecule has 0 saturated carbocycles. The van der Waals surface area contributed by atoms with Crippen molar-refractivity contribution in [3.63, 3.8) is 0 Å². The molecule has 69 heteroatoms. The Labute approximate surface area is 868 Å². The number of phenols is 1. The van der Waals surface area contributed by atoms with Crippen LogP contribution in [0.25, 0.3) is 10.8 Å². The van der Waals surface area contributed by atoms with Crippen molar-refractivity contribution < 1.29 is 408 Å². The quantitative estimate of drug-likeness (QED) is 0.00317. The van der Waals surface area contributed by atoms with Gasteiger partial charge in [-0.15, -0.1) is 48.0 Å². The van der Waals surface area contributed by atoms with Crippen molar-refractivity contribution in [2.75, 3.05) is 73.3 Å². The minimum absolute atomic E-state index is 0. The summed E-state index contributed by atoms with van der Waals surface area (Å²) in [6, 6.07) is 19.8. The van der Waals surface area contributed by atoms with Crippen LogP contribution in [0.4, 0.5) is 62.6 Å². The summed E-state index contributed by atoms with van der Waals surface area (Å²) < 4.78 is 248. The number of nitrogens with one attached hydrogen (secondary N) is 1. The molecule has 0 unspecified atom stereocenters. The zero-order valence-corrected chi connectivity index (χ0v) is 87.5. The first-order valence-corrected chi connectivity index (χ1v) is 42.1. The van der Waals surface area contributed by atoms with Crippen molar-refractivity contribution in [1.29, 1.82) is 0 Å². The molecule has 0 bridgehead atoms. The standard InChI is InChI=1S/C27H27N5O20S6.C22H24N6O18S6.8Na/c1-28-22-9-7-19-20(25(22)31-30-21-8-6-18(14-23(21)44-56-52-48-37)58(40,41)13-11-43-55-51-47-36)15-24(53-49-45-34)26(27(19)33)32-29-16-2-4-17(5-3-16)57(38,39)12-10-42-54-50-46-35;23-20-17(27-26-16-6-5-15(11-18(16)50(34,35)36)49(32,33)9-7-43-47-46-45-29)12-19(51(37,38)39)21(24)22(20)28-25-13-1-3-14(4-2-13)48(30,31)10-8-44-52(40,41)42;;;;;;;;/h2-9,14-15,28,33-37H,10-13H2,1H3;1-6,11-12,29H,7-10,23-24H2,(H,34,35,36)(H,37,38,39)(H,40,41,42);;;;;;;;/q;;8*+1/p-8. The molecule has 6 N–H and O–H groups in total. The van der Waals surface area contributed by atoms with E-state index in [1.165, 1.54) is 54.6 Å². The second kappa shape index (κ2) is 59.8. The molecule has 0 amide bonds. The van der Waals surface area contributed by atoms with Crippen LogP contribution in [-0.2, 0) is 134 Å². The van der Waals surface area contributed by atoms with Crippen LogP contribution in [0.1, 0.15) is 0 Å². The first kappa shape index (κ1) is 123. The molecule has 0 aliphatic carbocycles. The van der Waals surface area contributed by atoms with Crippen molar-refractivity contribution in [2.24, 2.45) is 40.9 Å². The summed E-state index contributed by atoms with van der Waals surface area (Å²) in [5.41, 5.74) is 8.49. The number of sulfone groups is 4. The van der Waals surface area contributed by atoms with Crippen LogP contribution >= 0.6 is 61.3 Å². The number of azo groups is 4. The van der Waals surface area contributed by atoms with E-state index in [2.05, 4.69) is 101 Å². The molecule has 0 aliphatic heterocycles. The number of nitrogens with zero attached hydrogens (tertiary/aromatic N) is 8. The van der Waals surface area contributed by atoms with Crippen molar-refractivity contribution in [2.45, 2.75) is 34.3 Å². The summed E-state index contributed by atoms with van der Waals surface area (Å²) in [6.07, 6.45) is 0. The fraction of sp³-hybridized carbons (Fsp3) is 0.184. The third-order valence-electron chi connectivity index (χ3n) is 12.9. The smallest absolute Gasteiger partial charge is 0.744 e. The maximum Gasteiger partial charge on any atom is 1.00 e. The number of nitrogen functional groups attached to an aromatic ring is 2. The molecule has 0 atom stereocenters. The average molecular weight is 1960 g/mol. The molecule has 0 heterocycles. The Kier molecular flexibility index (Phi) is 62.3. The van der Waals surface area contributed by atoms with Gasteiger partial charge in [-0.2, -0.15) is 14.6 Å². The molecule has 49 nitrogen and oxygen atoms in total. The van der Waals surface area contributed by atoms with Gasteiger partial charge in [0.1, 0.15) is 54.4 Å². The van der Waals surface area contributed by atoms with Crippen LogP contribution < -0.4 is 284 Å². The van der Waals surface area contributed by atoms with Crippen LogP contribution in [0, 0.1) is 0 Å². The molecule has 0 aromatic heterocycles. The zero-order valence-electron chi connectivity index (χ0n) is 61.7. The van der Waals surface area contributed by atoms with Crippen LogP contribution in [-0.4, -0.2) is 134 Å². The Bertz CT molecular complexity index is 5360. The van der Waals surface area contributed by atoms with E-state index in [-0.39, 0.29) is 357 Å². The summed E-state index contributed by atoms with van der Waals surface area (Å²) in [5, 5.41) is 112. The average Bonchev–Trinajstić information content (AvgIpc) is 0.767. The van der Waals surface area contributed by atoms with E-state index >= 15 is 0 Å². The summed E-state index contributed by atoms with van der Waals surface area (Å²) in [4.78, 5) is -3.75. The fourth-order valence-electron chi connectivity index (χ4n) is 8.07. The number of fused-ring (bicyclic) bond motifs is 1. The van der Waals surface area contributed by atoms with Gasteiger partial charge < -0.3 is 66.0 Å². The number of hydrogen-bond donors (Lipinski definition) is 4. The van der Waals surface area contributed by atoms with Gasteiger partial charge in [-0.05, 0) is 103 Å². The van der Waals surface area contributed by atoms with E-state index in [9.17, 15) is 104 Å². The van der Waals surface area contributed by atoms with Crippen LogP contribution in [0.2, 0.25) is 0 Å². The monoisotopic (exact) mass is 1960 g/mol. The van der Waals surface area contributed by atoms with E-state index in [4.69, 9.17) is 24.0 Å². The molecule has 0 aliphatic rings.